The molecule has 10 heteroatoms. The van der Waals surface area contributed by atoms with Gasteiger partial charge in [-0.15, -0.1) is 11.3 Å². The lowest BCUT2D eigenvalue weighted by molar-refractivity contribution is 0.0977. The van der Waals surface area contributed by atoms with E-state index < -0.39 is 15.9 Å². The van der Waals surface area contributed by atoms with Gasteiger partial charge in [0.15, 0.2) is 5.13 Å². The molecule has 0 atom stereocenters. The number of thiazole rings is 1. The number of sulfonamides is 1. The van der Waals surface area contributed by atoms with E-state index in [0.29, 0.717) is 26.8 Å². The molecule has 3 aromatic rings. The zero-order chi connectivity index (χ0) is 22.6. The standard InChI is InChI=1S/C21H17N5O3S2/c1-14-19(20(27)25-31(2,28)29)24-21(30-14)26(18-9-7-15(11-22)8-10-18)13-17-6-4-3-5-16(17)12-23/h3-10H,13H2,1-2H3,(H,25,27). The van der Waals surface area contributed by atoms with Crippen molar-refractivity contribution in [2.75, 3.05) is 11.2 Å². The van der Waals surface area contributed by atoms with Crippen LogP contribution in [0, 0.1) is 29.6 Å². The second kappa shape index (κ2) is 8.96. The molecule has 1 heterocycles. The molecule has 0 saturated heterocycles. The molecule has 2 aromatic carbocycles. The summed E-state index contributed by atoms with van der Waals surface area (Å²) in [4.78, 5) is 19.1. The summed E-state index contributed by atoms with van der Waals surface area (Å²) in [5.41, 5.74) is 2.46. The number of carbonyl (C=O) groups excluding carboxylic acids is 1. The van der Waals surface area contributed by atoms with Gasteiger partial charge in [-0.1, -0.05) is 18.2 Å². The van der Waals surface area contributed by atoms with Gasteiger partial charge in [0.05, 0.1) is 36.1 Å². The Morgan fingerprint density at radius 3 is 2.42 bits per heavy atom. The summed E-state index contributed by atoms with van der Waals surface area (Å²) in [5, 5.41) is 19.0. The maximum atomic E-state index is 12.4. The van der Waals surface area contributed by atoms with Gasteiger partial charge in [-0.2, -0.15) is 10.5 Å². The maximum Gasteiger partial charge on any atom is 0.284 e. The van der Waals surface area contributed by atoms with Crippen molar-refractivity contribution in [1.29, 1.82) is 10.5 Å². The molecule has 0 spiro atoms. The van der Waals surface area contributed by atoms with Gasteiger partial charge in [0.2, 0.25) is 10.0 Å². The second-order valence-electron chi connectivity index (χ2n) is 6.62. The number of carbonyl (C=O) groups is 1. The summed E-state index contributed by atoms with van der Waals surface area (Å²) in [6.07, 6.45) is 0.898. The van der Waals surface area contributed by atoms with E-state index in [1.165, 1.54) is 11.3 Å². The highest BCUT2D eigenvalue weighted by Gasteiger charge is 2.22. The van der Waals surface area contributed by atoms with Gasteiger partial charge in [-0.25, -0.2) is 18.1 Å². The second-order valence-corrected chi connectivity index (χ2v) is 9.55. The van der Waals surface area contributed by atoms with Crippen LogP contribution in [0.3, 0.4) is 0 Å². The van der Waals surface area contributed by atoms with Crippen molar-refractivity contribution < 1.29 is 13.2 Å². The molecule has 156 valence electrons. The normalized spacial score (nSPS) is 10.7. The fraction of sp³-hybridized carbons (Fsp3) is 0.143. The van der Waals surface area contributed by atoms with E-state index in [1.807, 2.05) is 21.8 Å². The molecule has 0 aliphatic carbocycles. The third-order valence-electron chi connectivity index (χ3n) is 4.28. The van der Waals surface area contributed by atoms with Crippen molar-refractivity contribution in [2.45, 2.75) is 13.5 Å². The van der Waals surface area contributed by atoms with Crippen LogP contribution < -0.4 is 9.62 Å². The molecule has 0 unspecified atom stereocenters. The SMILES string of the molecule is Cc1sc(N(Cc2ccccc2C#N)c2ccc(C#N)cc2)nc1C(=O)NS(C)(=O)=O. The lowest BCUT2D eigenvalue weighted by Crippen LogP contribution is -2.30. The number of rotatable bonds is 6. The number of aryl methyl sites for hydroxylation is 1. The lowest BCUT2D eigenvalue weighted by atomic mass is 10.1. The topological polar surface area (TPSA) is 127 Å². The van der Waals surface area contributed by atoms with E-state index in [4.69, 9.17) is 5.26 Å². The zero-order valence-corrected chi connectivity index (χ0v) is 18.3. The molecular weight excluding hydrogens is 434 g/mol. The fourth-order valence-corrected chi connectivity index (χ4v) is 4.21. The molecule has 0 aliphatic heterocycles. The fourth-order valence-electron chi connectivity index (χ4n) is 2.85. The molecule has 8 nitrogen and oxygen atoms in total. The predicted octanol–water partition coefficient (Wildman–Crippen LogP) is 3.22. The van der Waals surface area contributed by atoms with Crippen molar-refractivity contribution >= 4 is 38.1 Å². The molecule has 0 bridgehead atoms. The van der Waals surface area contributed by atoms with Crippen LogP contribution in [0.25, 0.3) is 0 Å². The number of nitrogens with zero attached hydrogens (tertiary/aromatic N) is 4. The van der Waals surface area contributed by atoms with Crippen LogP contribution in [0.5, 0.6) is 0 Å². The molecule has 1 aromatic heterocycles. The summed E-state index contributed by atoms with van der Waals surface area (Å²) < 4.78 is 24.8. The van der Waals surface area contributed by atoms with Crippen LogP contribution >= 0.6 is 11.3 Å². The summed E-state index contributed by atoms with van der Waals surface area (Å²) in [6.45, 7) is 1.97. The molecular formula is C21H17N5O3S2. The Bertz CT molecular complexity index is 1320. The zero-order valence-electron chi connectivity index (χ0n) is 16.7. The van der Waals surface area contributed by atoms with Crippen LogP contribution in [-0.4, -0.2) is 25.6 Å². The van der Waals surface area contributed by atoms with Crippen LogP contribution in [0.4, 0.5) is 10.8 Å². The van der Waals surface area contributed by atoms with Crippen molar-refractivity contribution in [3.8, 4) is 12.1 Å². The Morgan fingerprint density at radius 1 is 1.13 bits per heavy atom. The minimum atomic E-state index is -3.73. The Kier molecular flexibility index (Phi) is 6.35. The van der Waals surface area contributed by atoms with Crippen LogP contribution in [-0.2, 0) is 16.6 Å². The number of anilines is 2. The first-order valence-electron chi connectivity index (χ1n) is 8.97. The predicted molar refractivity (Wildman–Crippen MR) is 117 cm³/mol. The number of aromatic nitrogens is 1. The average molecular weight is 452 g/mol. The van der Waals surface area contributed by atoms with Crippen molar-refractivity contribution in [3.05, 3.63) is 75.8 Å². The summed E-state index contributed by atoms with van der Waals surface area (Å²) in [6, 6.07) is 18.2. The molecule has 3 rings (SSSR count). The summed E-state index contributed by atoms with van der Waals surface area (Å²) in [7, 11) is -3.73. The highest BCUT2D eigenvalue weighted by Crippen LogP contribution is 2.33. The quantitative estimate of drug-likeness (QED) is 0.609. The summed E-state index contributed by atoms with van der Waals surface area (Å²) in [5.74, 6) is -0.806. The number of hydrogen-bond donors (Lipinski definition) is 1. The first-order valence-corrected chi connectivity index (χ1v) is 11.7. The van der Waals surface area contributed by atoms with E-state index in [0.717, 1.165) is 11.8 Å². The molecule has 1 N–H and O–H groups in total. The monoisotopic (exact) mass is 451 g/mol. The number of nitriles is 2. The van der Waals surface area contributed by atoms with Gasteiger partial charge in [-0.05, 0) is 42.8 Å². The highest BCUT2D eigenvalue weighted by molar-refractivity contribution is 7.89. The Balaban J connectivity index is 2.06. The minimum Gasteiger partial charge on any atom is -0.313 e. The van der Waals surface area contributed by atoms with E-state index in [9.17, 15) is 18.5 Å². The number of hydrogen-bond acceptors (Lipinski definition) is 8. The van der Waals surface area contributed by atoms with Crippen LogP contribution in [0.2, 0.25) is 0 Å². The average Bonchev–Trinajstić information content (AvgIpc) is 3.12. The summed E-state index contributed by atoms with van der Waals surface area (Å²) >= 11 is 1.23. The maximum absolute atomic E-state index is 12.4. The van der Waals surface area contributed by atoms with Gasteiger partial charge < -0.3 is 4.90 Å². The van der Waals surface area contributed by atoms with E-state index >= 15 is 0 Å². The molecule has 31 heavy (non-hydrogen) atoms. The number of nitrogens with one attached hydrogen (secondary N) is 1. The van der Waals surface area contributed by atoms with Gasteiger partial charge in [0.25, 0.3) is 5.91 Å². The van der Waals surface area contributed by atoms with Crippen LogP contribution in [0.1, 0.15) is 32.1 Å². The molecule has 0 radical (unpaired) electrons. The minimum absolute atomic E-state index is 0.0117. The van der Waals surface area contributed by atoms with E-state index in [-0.39, 0.29) is 12.2 Å². The lowest BCUT2D eigenvalue weighted by Gasteiger charge is -2.22. The van der Waals surface area contributed by atoms with E-state index in [1.54, 1.807) is 43.3 Å². The van der Waals surface area contributed by atoms with Gasteiger partial charge in [0, 0.05) is 10.6 Å². The third-order valence-corrected chi connectivity index (χ3v) is 5.83. The van der Waals surface area contributed by atoms with Crippen LogP contribution in [0.15, 0.2) is 48.5 Å². The van der Waals surface area contributed by atoms with Crippen molar-refractivity contribution in [3.63, 3.8) is 0 Å². The Hall–Kier alpha value is -3.73. The first kappa shape index (κ1) is 22.0. The molecule has 0 saturated carbocycles. The number of benzene rings is 2. The Morgan fingerprint density at radius 2 is 1.81 bits per heavy atom. The smallest absolute Gasteiger partial charge is 0.284 e. The first-order chi connectivity index (χ1) is 14.7. The highest BCUT2D eigenvalue weighted by atomic mass is 32.2. The Labute approximate surface area is 184 Å². The third kappa shape index (κ3) is 5.25. The van der Waals surface area contributed by atoms with Crippen molar-refractivity contribution in [2.24, 2.45) is 0 Å². The molecule has 0 fully saturated rings. The number of amides is 1. The van der Waals surface area contributed by atoms with Gasteiger partial charge in [0.1, 0.15) is 5.69 Å². The van der Waals surface area contributed by atoms with Crippen molar-refractivity contribution in [1.82, 2.24) is 9.71 Å². The van der Waals surface area contributed by atoms with E-state index in [2.05, 4.69) is 17.1 Å². The largest absolute Gasteiger partial charge is 0.313 e. The van der Waals surface area contributed by atoms with Gasteiger partial charge in [-0.3, -0.25) is 4.79 Å². The molecule has 1 amide bonds. The van der Waals surface area contributed by atoms with Gasteiger partial charge >= 0.3 is 0 Å². The molecule has 0 aliphatic rings.